The fraction of sp³-hybridized carbons (Fsp3) is 0.400. The molecule has 0 saturated carbocycles. The molecule has 5 heteroatoms. The molecule has 0 radical (unpaired) electrons. The summed E-state index contributed by atoms with van der Waals surface area (Å²) in [5.41, 5.74) is 0.239. The van der Waals surface area contributed by atoms with E-state index >= 15 is 0 Å². The van der Waals surface area contributed by atoms with E-state index in [0.717, 1.165) is 19.0 Å². The predicted molar refractivity (Wildman–Crippen MR) is 55.2 cm³/mol. The van der Waals surface area contributed by atoms with Crippen LogP contribution in [0.5, 0.6) is 0 Å². The van der Waals surface area contributed by atoms with E-state index in [0.29, 0.717) is 17.6 Å². The van der Waals surface area contributed by atoms with Crippen LogP contribution in [0, 0.1) is 5.82 Å². The van der Waals surface area contributed by atoms with Crippen molar-refractivity contribution < 1.29 is 4.39 Å². The van der Waals surface area contributed by atoms with Crippen LogP contribution >= 0.6 is 0 Å². The van der Waals surface area contributed by atoms with Gasteiger partial charge in [-0.15, -0.1) is 0 Å². The van der Waals surface area contributed by atoms with Gasteiger partial charge in [0.2, 0.25) is 0 Å². The van der Waals surface area contributed by atoms with Gasteiger partial charge in [0.25, 0.3) is 5.56 Å². The van der Waals surface area contributed by atoms with Gasteiger partial charge >= 0.3 is 0 Å². The normalized spacial score (nSPS) is 11.1. The molecule has 2 rings (SSSR count). The average Bonchev–Trinajstić information content (AvgIpc) is 2.53. The predicted octanol–water partition coefficient (Wildman–Crippen LogP) is 1.66. The van der Waals surface area contributed by atoms with E-state index < -0.39 is 5.82 Å². The summed E-state index contributed by atoms with van der Waals surface area (Å²) in [7, 11) is 0. The third-order valence-corrected chi connectivity index (χ3v) is 2.31. The van der Waals surface area contributed by atoms with Crippen molar-refractivity contribution in [2.75, 3.05) is 0 Å². The Bertz CT molecular complexity index is 529. The third-order valence-electron chi connectivity index (χ3n) is 2.31. The Morgan fingerprint density at radius 2 is 2.40 bits per heavy atom. The number of unbranched alkanes of at least 4 members (excludes halogenated alkanes) is 1. The third kappa shape index (κ3) is 1.77. The fourth-order valence-electron chi connectivity index (χ4n) is 1.49. The lowest BCUT2D eigenvalue weighted by Gasteiger charge is -1.97. The first-order valence-electron chi connectivity index (χ1n) is 4.96. The van der Waals surface area contributed by atoms with Crippen LogP contribution in [0.2, 0.25) is 0 Å². The van der Waals surface area contributed by atoms with E-state index in [1.807, 2.05) is 6.92 Å². The van der Waals surface area contributed by atoms with Crippen molar-refractivity contribution in [2.24, 2.45) is 0 Å². The lowest BCUT2D eigenvalue weighted by molar-refractivity contribution is 0.561. The van der Waals surface area contributed by atoms with Gasteiger partial charge in [-0.2, -0.15) is 0 Å². The zero-order valence-corrected chi connectivity index (χ0v) is 8.46. The highest BCUT2D eigenvalue weighted by Gasteiger charge is 2.07. The number of hydrogen-bond donors (Lipinski definition) is 1. The van der Waals surface area contributed by atoms with Crippen LogP contribution in [0.4, 0.5) is 4.39 Å². The van der Waals surface area contributed by atoms with E-state index in [9.17, 15) is 9.18 Å². The van der Waals surface area contributed by atoms with Crippen molar-refractivity contribution in [1.82, 2.24) is 14.8 Å². The Balaban J connectivity index is 2.50. The van der Waals surface area contributed by atoms with Gasteiger partial charge in [-0.05, 0) is 12.5 Å². The molecule has 0 spiro atoms. The molecule has 0 aliphatic rings. The van der Waals surface area contributed by atoms with E-state index in [2.05, 4.69) is 10.1 Å². The number of nitrogens with one attached hydrogen (secondary N) is 1. The van der Waals surface area contributed by atoms with Gasteiger partial charge in [-0.25, -0.2) is 9.37 Å². The zero-order valence-electron chi connectivity index (χ0n) is 8.46. The molecule has 2 heterocycles. The first kappa shape index (κ1) is 9.89. The number of fused-ring (bicyclic) bond motifs is 1. The van der Waals surface area contributed by atoms with Gasteiger partial charge in [0.15, 0.2) is 5.65 Å². The van der Waals surface area contributed by atoms with E-state index in [1.54, 1.807) is 0 Å². The number of hydrogen-bond acceptors (Lipinski definition) is 2. The Morgan fingerprint density at radius 3 is 3.13 bits per heavy atom. The van der Waals surface area contributed by atoms with Crippen molar-refractivity contribution in [3.63, 3.8) is 0 Å². The fourth-order valence-corrected chi connectivity index (χ4v) is 1.49. The number of aryl methyl sites for hydroxylation is 1. The Labute approximate surface area is 85.7 Å². The van der Waals surface area contributed by atoms with E-state index in [1.165, 1.54) is 10.7 Å². The molecular formula is C10H12FN3O. The maximum Gasteiger partial charge on any atom is 0.276 e. The average molecular weight is 209 g/mol. The van der Waals surface area contributed by atoms with Gasteiger partial charge < -0.3 is 0 Å². The first-order valence-corrected chi connectivity index (χ1v) is 4.96. The highest BCUT2D eigenvalue weighted by Crippen LogP contribution is 2.06. The molecule has 0 fully saturated rings. The largest absolute Gasteiger partial charge is 0.278 e. The van der Waals surface area contributed by atoms with Gasteiger partial charge in [0, 0.05) is 6.54 Å². The maximum absolute atomic E-state index is 12.9. The van der Waals surface area contributed by atoms with Gasteiger partial charge in [-0.1, -0.05) is 13.3 Å². The lowest BCUT2D eigenvalue weighted by Crippen LogP contribution is -2.16. The molecule has 0 saturated heterocycles. The monoisotopic (exact) mass is 209 g/mol. The highest BCUT2D eigenvalue weighted by atomic mass is 19.1. The maximum atomic E-state index is 12.9. The molecule has 2 aromatic heterocycles. The Morgan fingerprint density at radius 1 is 1.60 bits per heavy atom. The second-order valence-electron chi connectivity index (χ2n) is 3.47. The summed E-state index contributed by atoms with van der Waals surface area (Å²) in [4.78, 5) is 15.5. The van der Waals surface area contributed by atoms with Crippen LogP contribution in [0.25, 0.3) is 11.0 Å². The van der Waals surface area contributed by atoms with Crippen molar-refractivity contribution in [3.8, 4) is 0 Å². The number of H-pyrrole nitrogens is 1. The van der Waals surface area contributed by atoms with Crippen LogP contribution < -0.4 is 5.56 Å². The number of pyridine rings is 1. The minimum Gasteiger partial charge on any atom is -0.278 e. The zero-order chi connectivity index (χ0) is 10.8. The number of rotatable bonds is 3. The van der Waals surface area contributed by atoms with Crippen molar-refractivity contribution in [1.29, 1.82) is 0 Å². The first-order chi connectivity index (χ1) is 7.22. The molecule has 4 nitrogen and oxygen atoms in total. The second kappa shape index (κ2) is 3.84. The molecule has 0 aliphatic heterocycles. The SMILES string of the molecule is CCCCn1[nH]c2ncc(F)cc2c1=O. The van der Waals surface area contributed by atoms with Gasteiger partial charge in [0.1, 0.15) is 5.82 Å². The Kier molecular flexibility index (Phi) is 2.53. The second-order valence-corrected chi connectivity index (χ2v) is 3.47. The van der Waals surface area contributed by atoms with Crippen molar-refractivity contribution >= 4 is 11.0 Å². The molecule has 0 unspecified atom stereocenters. The number of nitrogens with zero attached hydrogens (tertiary/aromatic N) is 2. The highest BCUT2D eigenvalue weighted by molar-refractivity contribution is 5.73. The topological polar surface area (TPSA) is 50.7 Å². The molecule has 15 heavy (non-hydrogen) atoms. The van der Waals surface area contributed by atoms with Crippen molar-refractivity contribution in [2.45, 2.75) is 26.3 Å². The molecule has 0 aliphatic carbocycles. The molecule has 0 aromatic carbocycles. The summed E-state index contributed by atoms with van der Waals surface area (Å²) in [5.74, 6) is -0.485. The van der Waals surface area contributed by atoms with Crippen LogP contribution in [0.15, 0.2) is 17.1 Å². The van der Waals surface area contributed by atoms with E-state index in [4.69, 9.17) is 0 Å². The molecule has 0 amide bonds. The number of aromatic amines is 1. The lowest BCUT2D eigenvalue weighted by atomic mass is 10.3. The quantitative estimate of drug-likeness (QED) is 0.835. The number of halogens is 1. The molecule has 2 aromatic rings. The smallest absolute Gasteiger partial charge is 0.276 e. The summed E-state index contributed by atoms with van der Waals surface area (Å²) in [5, 5.41) is 3.16. The minimum atomic E-state index is -0.485. The number of aromatic nitrogens is 3. The summed E-state index contributed by atoms with van der Waals surface area (Å²) in [6.45, 7) is 2.67. The minimum absolute atomic E-state index is 0.203. The van der Waals surface area contributed by atoms with Crippen molar-refractivity contribution in [3.05, 3.63) is 28.4 Å². The van der Waals surface area contributed by atoms with Crippen LogP contribution in [0.3, 0.4) is 0 Å². The van der Waals surface area contributed by atoms with Crippen LogP contribution in [-0.4, -0.2) is 14.8 Å². The molecule has 80 valence electrons. The summed E-state index contributed by atoms with van der Waals surface area (Å²) in [6.07, 6.45) is 3.02. The van der Waals surface area contributed by atoms with Crippen LogP contribution in [0.1, 0.15) is 19.8 Å². The summed E-state index contributed by atoms with van der Waals surface area (Å²) < 4.78 is 14.3. The molecule has 1 N–H and O–H groups in total. The molecule has 0 bridgehead atoms. The van der Waals surface area contributed by atoms with Gasteiger partial charge in [0.05, 0.1) is 11.6 Å². The molecular weight excluding hydrogens is 197 g/mol. The van der Waals surface area contributed by atoms with Crippen LogP contribution in [-0.2, 0) is 6.54 Å². The molecule has 0 atom stereocenters. The summed E-state index contributed by atoms with van der Waals surface area (Å²) >= 11 is 0. The van der Waals surface area contributed by atoms with E-state index in [-0.39, 0.29) is 5.56 Å². The van der Waals surface area contributed by atoms with Gasteiger partial charge in [-0.3, -0.25) is 14.6 Å². The standard InChI is InChI=1S/C10H12FN3O/c1-2-3-4-14-10(15)8-5-7(11)6-12-9(8)13-14/h5-6H,2-4H2,1H3,(H,12,13). The summed E-state index contributed by atoms with van der Waals surface area (Å²) in [6, 6.07) is 1.21. The Hall–Kier alpha value is -1.65.